The summed E-state index contributed by atoms with van der Waals surface area (Å²) in [7, 11) is 0. The molecule has 8 heteroatoms. The van der Waals surface area contributed by atoms with Crippen molar-refractivity contribution in [3.8, 4) is 0 Å². The van der Waals surface area contributed by atoms with Crippen molar-refractivity contribution in [1.82, 2.24) is 4.90 Å². The van der Waals surface area contributed by atoms with Crippen LogP contribution in [0, 0.1) is 5.92 Å². The first-order valence-electron chi connectivity index (χ1n) is 8.33. The Kier molecular flexibility index (Phi) is 6.32. The van der Waals surface area contributed by atoms with Gasteiger partial charge in [-0.2, -0.15) is 0 Å². The van der Waals surface area contributed by atoms with E-state index in [1.165, 1.54) is 11.8 Å². The Bertz CT molecular complexity index is 696. The molecule has 2 N–H and O–H groups in total. The Labute approximate surface area is 162 Å². The summed E-state index contributed by atoms with van der Waals surface area (Å²) in [6.07, 6.45) is 0.000627. The number of ether oxygens (including phenoxy) is 1. The maximum Gasteiger partial charge on any atom is 0.328 e. The Hall–Kier alpha value is -1.63. The number of rotatable bonds is 5. The minimum Gasteiger partial charge on any atom is -0.465 e. The van der Waals surface area contributed by atoms with E-state index in [4.69, 9.17) is 33.7 Å². The minimum absolute atomic E-state index is 0.0171. The van der Waals surface area contributed by atoms with Gasteiger partial charge in [-0.1, -0.05) is 41.9 Å². The molecule has 1 aliphatic heterocycles. The van der Waals surface area contributed by atoms with Crippen LogP contribution in [0.4, 0.5) is 0 Å². The number of carbonyl (C=O) groups excluding carboxylic acids is 3. The molecule has 0 saturated carbocycles. The van der Waals surface area contributed by atoms with E-state index in [-0.39, 0.29) is 26.0 Å². The van der Waals surface area contributed by atoms with Crippen molar-refractivity contribution in [3.05, 3.63) is 35.9 Å². The number of benzene rings is 1. The van der Waals surface area contributed by atoms with Crippen molar-refractivity contribution >= 4 is 40.9 Å². The largest absolute Gasteiger partial charge is 0.465 e. The number of Topliss-reactive ketones (excluding diaryl/α,β-unsaturated/α-hetero) is 1. The molecule has 26 heavy (non-hydrogen) atoms. The van der Waals surface area contributed by atoms with Crippen LogP contribution in [-0.4, -0.2) is 45.7 Å². The fourth-order valence-electron chi connectivity index (χ4n) is 3.32. The van der Waals surface area contributed by atoms with Crippen LogP contribution >= 0.6 is 23.2 Å². The van der Waals surface area contributed by atoms with Crippen molar-refractivity contribution in [2.24, 2.45) is 11.7 Å². The van der Waals surface area contributed by atoms with Crippen molar-refractivity contribution in [2.75, 3.05) is 13.2 Å². The number of hydrogen-bond acceptors (Lipinski definition) is 5. The van der Waals surface area contributed by atoms with Crippen molar-refractivity contribution in [1.29, 1.82) is 0 Å². The number of nitrogens with two attached hydrogens (primary N) is 1. The summed E-state index contributed by atoms with van der Waals surface area (Å²) < 4.78 is 5.06. The normalized spacial score (nSPS) is 28.5. The molecule has 3 unspecified atom stereocenters. The zero-order valence-corrected chi connectivity index (χ0v) is 16.2. The van der Waals surface area contributed by atoms with Crippen LogP contribution in [0.15, 0.2) is 30.3 Å². The molecule has 1 aromatic rings. The lowest BCUT2D eigenvalue weighted by atomic mass is 9.77. The van der Waals surface area contributed by atoms with E-state index in [1.807, 2.05) is 6.07 Å². The highest BCUT2D eigenvalue weighted by molar-refractivity contribution is 6.38. The number of hydrogen-bond donors (Lipinski definition) is 1. The van der Waals surface area contributed by atoms with E-state index < -0.39 is 33.6 Å². The molecule has 0 aromatic heterocycles. The number of likely N-dealkylation sites (tertiary alicyclic amines) is 1. The predicted molar refractivity (Wildman–Crippen MR) is 98.6 cm³/mol. The maximum atomic E-state index is 13.1. The first kappa shape index (κ1) is 20.7. The number of ketones is 1. The molecule has 2 rings (SSSR count). The summed E-state index contributed by atoms with van der Waals surface area (Å²) in [4.78, 5) is 37.0. The highest BCUT2D eigenvalue weighted by Gasteiger charge is 2.62. The lowest BCUT2D eigenvalue weighted by Gasteiger charge is -2.50. The van der Waals surface area contributed by atoms with Crippen molar-refractivity contribution in [2.45, 2.75) is 36.7 Å². The molecule has 3 atom stereocenters. The van der Waals surface area contributed by atoms with Crippen LogP contribution in [-0.2, 0) is 25.5 Å². The smallest absolute Gasteiger partial charge is 0.328 e. The van der Waals surface area contributed by atoms with Crippen molar-refractivity contribution in [3.63, 3.8) is 0 Å². The summed E-state index contributed by atoms with van der Waals surface area (Å²) >= 11 is 13.0. The van der Waals surface area contributed by atoms with Gasteiger partial charge in [0.2, 0.25) is 5.91 Å². The molecule has 0 spiro atoms. The standard InChI is InChI=1S/C18H22Cl2N2O4/c1-3-26-16(25)17(19)9-10-22(12(2)23)18(20,21)15(17)14(24)11-13-7-5-4-6-8-13/h4-8,15H,3,9-11,21H2,1-2H3. The van der Waals surface area contributed by atoms with Gasteiger partial charge in [-0.15, -0.1) is 11.6 Å². The van der Waals surface area contributed by atoms with Crippen LogP contribution in [0.2, 0.25) is 0 Å². The number of esters is 1. The fourth-order valence-corrected chi connectivity index (χ4v) is 4.31. The van der Waals surface area contributed by atoms with E-state index >= 15 is 0 Å². The lowest BCUT2D eigenvalue weighted by molar-refractivity contribution is -0.159. The number of alkyl halides is 2. The predicted octanol–water partition coefficient (Wildman–Crippen LogP) is 2.06. The van der Waals surface area contributed by atoms with Gasteiger partial charge < -0.3 is 9.64 Å². The third kappa shape index (κ3) is 3.87. The van der Waals surface area contributed by atoms with E-state index in [0.717, 1.165) is 5.56 Å². The van der Waals surface area contributed by atoms with Gasteiger partial charge in [0.1, 0.15) is 5.78 Å². The molecule has 1 amide bonds. The van der Waals surface area contributed by atoms with Crippen LogP contribution in [0.3, 0.4) is 0 Å². The number of amides is 1. The van der Waals surface area contributed by atoms with Gasteiger partial charge in [-0.3, -0.25) is 20.1 Å². The Morgan fingerprint density at radius 1 is 1.27 bits per heavy atom. The van der Waals surface area contributed by atoms with E-state index in [9.17, 15) is 14.4 Å². The van der Waals surface area contributed by atoms with E-state index in [1.54, 1.807) is 31.2 Å². The van der Waals surface area contributed by atoms with Gasteiger partial charge >= 0.3 is 5.97 Å². The summed E-state index contributed by atoms with van der Waals surface area (Å²) in [6, 6.07) is 8.96. The molecule has 142 valence electrons. The van der Waals surface area contributed by atoms with E-state index in [0.29, 0.717) is 0 Å². The maximum absolute atomic E-state index is 13.1. The fraction of sp³-hybridized carbons (Fsp3) is 0.500. The molecule has 1 heterocycles. The second kappa shape index (κ2) is 7.94. The first-order chi connectivity index (χ1) is 12.1. The highest BCUT2D eigenvalue weighted by atomic mass is 35.5. The molecule has 1 saturated heterocycles. The Morgan fingerprint density at radius 2 is 1.88 bits per heavy atom. The molecule has 0 aliphatic carbocycles. The summed E-state index contributed by atoms with van der Waals surface area (Å²) in [5.74, 6) is -2.91. The molecule has 1 fully saturated rings. The van der Waals surface area contributed by atoms with Gasteiger partial charge in [0.15, 0.2) is 10.00 Å². The minimum atomic E-state index is -1.93. The average molecular weight is 401 g/mol. The van der Waals surface area contributed by atoms with E-state index in [2.05, 4.69) is 0 Å². The molecule has 1 aromatic carbocycles. The van der Waals surface area contributed by atoms with Crippen molar-refractivity contribution < 1.29 is 19.1 Å². The number of halogens is 2. The zero-order chi connectivity index (χ0) is 19.5. The average Bonchev–Trinajstić information content (AvgIpc) is 2.54. The Balaban J connectivity index is 2.44. The Morgan fingerprint density at radius 3 is 2.42 bits per heavy atom. The quantitative estimate of drug-likeness (QED) is 0.464. The topological polar surface area (TPSA) is 89.7 Å². The SMILES string of the molecule is CCOC(=O)C1(Cl)CCN(C(C)=O)C(N)(Cl)C1C(=O)Cc1ccccc1. The van der Waals surface area contributed by atoms with Gasteiger partial charge in [-0.25, -0.2) is 0 Å². The lowest BCUT2D eigenvalue weighted by Crippen LogP contribution is -2.71. The second-order valence-electron chi connectivity index (χ2n) is 6.29. The van der Waals surface area contributed by atoms with Gasteiger partial charge in [0.25, 0.3) is 0 Å². The van der Waals surface area contributed by atoms with Crippen LogP contribution in [0.5, 0.6) is 0 Å². The first-order valence-corrected chi connectivity index (χ1v) is 9.09. The van der Waals surface area contributed by atoms with Gasteiger partial charge in [0, 0.05) is 19.9 Å². The third-order valence-electron chi connectivity index (χ3n) is 4.51. The number of piperidine rings is 1. The van der Waals surface area contributed by atoms with Crippen LogP contribution < -0.4 is 5.73 Å². The number of carbonyl (C=O) groups is 3. The van der Waals surface area contributed by atoms with Gasteiger partial charge in [0.05, 0.1) is 12.5 Å². The summed E-state index contributed by atoms with van der Waals surface area (Å²) in [5.41, 5.74) is 6.92. The molecule has 0 bridgehead atoms. The number of nitrogens with zero attached hydrogens (tertiary/aromatic N) is 1. The van der Waals surface area contributed by atoms with Gasteiger partial charge in [-0.05, 0) is 18.9 Å². The molecule has 0 radical (unpaired) electrons. The second-order valence-corrected chi connectivity index (χ2v) is 7.57. The molecular weight excluding hydrogens is 379 g/mol. The molecule has 6 nitrogen and oxygen atoms in total. The zero-order valence-electron chi connectivity index (χ0n) is 14.7. The summed E-state index contributed by atoms with van der Waals surface area (Å²) in [5, 5.41) is -1.93. The molecule has 1 aliphatic rings. The third-order valence-corrected chi connectivity index (χ3v) is 5.50. The van der Waals surface area contributed by atoms with Crippen LogP contribution in [0.1, 0.15) is 25.8 Å². The highest BCUT2D eigenvalue weighted by Crippen LogP contribution is 2.45. The summed E-state index contributed by atoms with van der Waals surface area (Å²) in [6.45, 7) is 3.09. The van der Waals surface area contributed by atoms with Crippen LogP contribution in [0.25, 0.3) is 0 Å². The molecular formula is C18H22Cl2N2O4. The monoisotopic (exact) mass is 400 g/mol.